The van der Waals surface area contributed by atoms with Gasteiger partial charge in [-0.2, -0.15) is 0 Å². The van der Waals surface area contributed by atoms with Crippen molar-refractivity contribution in [2.45, 2.75) is 50.9 Å². The van der Waals surface area contributed by atoms with E-state index < -0.39 is 29.7 Å². The highest BCUT2D eigenvalue weighted by Gasteiger charge is 2.43. The molecule has 2 aromatic carbocycles. The Kier molecular flexibility index (Phi) is 7.30. The van der Waals surface area contributed by atoms with E-state index in [-0.39, 0.29) is 36.8 Å². The Morgan fingerprint density at radius 1 is 0.943 bits per heavy atom. The van der Waals surface area contributed by atoms with Crippen LogP contribution >= 0.6 is 0 Å². The second kappa shape index (κ2) is 10.4. The second-order valence-corrected chi connectivity index (χ2v) is 9.11. The van der Waals surface area contributed by atoms with Gasteiger partial charge in [0.1, 0.15) is 11.6 Å². The van der Waals surface area contributed by atoms with Crippen LogP contribution in [0.4, 0.5) is 19.3 Å². The van der Waals surface area contributed by atoms with E-state index in [4.69, 9.17) is 5.73 Å². The molecule has 1 saturated heterocycles. The molecule has 2 aromatic rings. The van der Waals surface area contributed by atoms with Gasteiger partial charge in [-0.05, 0) is 56.9 Å². The van der Waals surface area contributed by atoms with Gasteiger partial charge in [0.25, 0.3) is 11.8 Å². The summed E-state index contributed by atoms with van der Waals surface area (Å²) in [5.41, 5.74) is 7.11. The average Bonchev–Trinajstić information content (AvgIpc) is 3.28. The van der Waals surface area contributed by atoms with Gasteiger partial charge in [0.05, 0.1) is 5.69 Å². The minimum absolute atomic E-state index is 0.0693. The molecule has 4 N–H and O–H groups in total. The van der Waals surface area contributed by atoms with Crippen molar-refractivity contribution in [1.29, 1.82) is 0 Å². The summed E-state index contributed by atoms with van der Waals surface area (Å²) in [5.74, 6) is -2.59. The third-order valence-corrected chi connectivity index (χ3v) is 6.52. The molecule has 1 saturated carbocycles. The summed E-state index contributed by atoms with van der Waals surface area (Å²) < 4.78 is 27.4. The van der Waals surface area contributed by atoms with Crippen molar-refractivity contribution in [3.8, 4) is 0 Å². The maximum absolute atomic E-state index is 14.1. The van der Waals surface area contributed by atoms with Crippen molar-refractivity contribution in [2.24, 2.45) is 5.73 Å². The van der Waals surface area contributed by atoms with Crippen molar-refractivity contribution in [2.75, 3.05) is 18.4 Å². The summed E-state index contributed by atoms with van der Waals surface area (Å²) >= 11 is 0. The first-order chi connectivity index (χ1) is 16.7. The molecule has 0 aromatic heterocycles. The molecule has 1 heterocycles. The predicted octanol–water partition coefficient (Wildman–Crippen LogP) is 2.98. The molecular weight excluding hydrogens is 456 g/mol. The zero-order valence-corrected chi connectivity index (χ0v) is 19.5. The fraction of sp³-hybridized carbons (Fsp3) is 0.400. The predicted molar refractivity (Wildman–Crippen MR) is 126 cm³/mol. The first-order valence-electron chi connectivity index (χ1n) is 11.7. The van der Waals surface area contributed by atoms with Gasteiger partial charge in [-0.3, -0.25) is 14.5 Å². The molecule has 8 nitrogen and oxygen atoms in total. The number of rotatable bonds is 4. The van der Waals surface area contributed by atoms with Crippen LogP contribution in [0.2, 0.25) is 0 Å². The summed E-state index contributed by atoms with van der Waals surface area (Å²) in [6.45, 7) is 2.09. The summed E-state index contributed by atoms with van der Waals surface area (Å²) in [6, 6.07) is 8.95. The van der Waals surface area contributed by atoms with Crippen molar-refractivity contribution < 1.29 is 23.2 Å². The molecule has 1 aliphatic heterocycles. The van der Waals surface area contributed by atoms with Gasteiger partial charge < -0.3 is 21.3 Å². The number of benzene rings is 2. The first kappa shape index (κ1) is 24.6. The van der Waals surface area contributed by atoms with Crippen LogP contribution in [0.5, 0.6) is 0 Å². The zero-order valence-electron chi connectivity index (χ0n) is 19.5. The Balaban J connectivity index is 1.56. The van der Waals surface area contributed by atoms with Crippen molar-refractivity contribution >= 4 is 23.5 Å². The smallest absolute Gasteiger partial charge is 0.324 e. The third kappa shape index (κ3) is 5.59. The number of carbonyl (C=O) groups is 3. The minimum Gasteiger partial charge on any atom is -0.350 e. The zero-order chi connectivity index (χ0) is 25.1. The van der Waals surface area contributed by atoms with E-state index >= 15 is 0 Å². The van der Waals surface area contributed by atoms with Crippen LogP contribution < -0.4 is 16.4 Å². The van der Waals surface area contributed by atoms with E-state index in [1.54, 1.807) is 24.3 Å². The van der Waals surface area contributed by atoms with Crippen molar-refractivity contribution in [3.05, 3.63) is 65.2 Å². The number of anilines is 1. The molecule has 0 spiro atoms. The van der Waals surface area contributed by atoms with E-state index in [0.29, 0.717) is 24.5 Å². The third-order valence-electron chi connectivity index (χ3n) is 6.52. The van der Waals surface area contributed by atoms with Crippen LogP contribution in [-0.4, -0.2) is 59.0 Å². The van der Waals surface area contributed by atoms with Crippen LogP contribution in [0.3, 0.4) is 0 Å². The van der Waals surface area contributed by atoms with Crippen LogP contribution in [0.15, 0.2) is 42.5 Å². The number of hydrogen-bond donors (Lipinski definition) is 3. The normalized spacial score (nSPS) is 22.1. The lowest BCUT2D eigenvalue weighted by molar-refractivity contribution is -0.128. The summed E-state index contributed by atoms with van der Waals surface area (Å²) in [4.78, 5) is 42.3. The Morgan fingerprint density at radius 2 is 1.60 bits per heavy atom. The number of aryl methyl sites for hydroxylation is 1. The highest BCUT2D eigenvalue weighted by molar-refractivity contribution is 6.00. The molecule has 1 unspecified atom stereocenters. The van der Waals surface area contributed by atoms with Crippen LogP contribution in [0.25, 0.3) is 0 Å². The maximum Gasteiger partial charge on any atom is 0.324 e. The van der Waals surface area contributed by atoms with Gasteiger partial charge in [-0.15, -0.1) is 0 Å². The lowest BCUT2D eigenvalue weighted by Gasteiger charge is -2.32. The van der Waals surface area contributed by atoms with Crippen molar-refractivity contribution in [1.82, 2.24) is 15.1 Å². The monoisotopic (exact) mass is 485 g/mol. The Bertz CT molecular complexity index is 1100. The SMILES string of the molecule is Cc1ccc(C(=O)N2CCN(C(=O)Nc3ccc(F)cc3F)C2C(=O)NC2CCC(N)CC2)cc1. The fourth-order valence-corrected chi connectivity index (χ4v) is 4.52. The number of amides is 4. The maximum atomic E-state index is 14.1. The molecule has 1 aliphatic carbocycles. The number of hydrogen-bond acceptors (Lipinski definition) is 4. The Hall–Kier alpha value is -3.53. The number of nitrogens with one attached hydrogen (secondary N) is 2. The number of nitrogens with zero attached hydrogens (tertiary/aromatic N) is 2. The van der Waals surface area contributed by atoms with E-state index in [9.17, 15) is 23.2 Å². The van der Waals surface area contributed by atoms with Gasteiger partial charge in [-0.25, -0.2) is 13.6 Å². The van der Waals surface area contributed by atoms with Gasteiger partial charge in [0.2, 0.25) is 0 Å². The molecular formula is C25H29F2N5O3. The number of urea groups is 1. The van der Waals surface area contributed by atoms with Gasteiger partial charge >= 0.3 is 6.03 Å². The first-order valence-corrected chi connectivity index (χ1v) is 11.7. The molecule has 0 radical (unpaired) electrons. The largest absolute Gasteiger partial charge is 0.350 e. The summed E-state index contributed by atoms with van der Waals surface area (Å²) in [6.07, 6.45) is 1.74. The van der Waals surface area contributed by atoms with E-state index in [2.05, 4.69) is 10.6 Å². The molecule has 186 valence electrons. The number of halogens is 2. The quantitative estimate of drug-likeness (QED) is 0.619. The lowest BCUT2D eigenvalue weighted by Crippen LogP contribution is -2.56. The molecule has 35 heavy (non-hydrogen) atoms. The highest BCUT2D eigenvalue weighted by atomic mass is 19.1. The van der Waals surface area contributed by atoms with Gasteiger partial charge in [-0.1, -0.05) is 17.7 Å². The standard InChI is InChI=1S/C25H29F2N5O3/c1-15-2-4-16(5-3-15)24(34)31-12-13-32(25(35)30-21-11-6-17(26)14-20(21)27)23(31)22(33)29-19-9-7-18(28)8-10-19/h2-6,11,14,18-19,23H,7-10,12-13,28H2,1H3,(H,29,33)(H,30,35). The molecule has 4 rings (SSSR count). The molecule has 4 amide bonds. The average molecular weight is 486 g/mol. The van der Waals surface area contributed by atoms with Gasteiger partial charge in [0, 0.05) is 36.8 Å². The van der Waals surface area contributed by atoms with Crippen LogP contribution in [0.1, 0.15) is 41.6 Å². The van der Waals surface area contributed by atoms with Crippen LogP contribution in [-0.2, 0) is 4.79 Å². The van der Waals surface area contributed by atoms with Crippen LogP contribution in [0, 0.1) is 18.6 Å². The molecule has 2 fully saturated rings. The fourth-order valence-electron chi connectivity index (χ4n) is 4.52. The van der Waals surface area contributed by atoms with E-state index in [1.165, 1.54) is 9.80 Å². The second-order valence-electron chi connectivity index (χ2n) is 9.11. The molecule has 2 aliphatic rings. The summed E-state index contributed by atoms with van der Waals surface area (Å²) in [7, 11) is 0. The topological polar surface area (TPSA) is 108 Å². The van der Waals surface area contributed by atoms with E-state index in [0.717, 1.165) is 30.5 Å². The van der Waals surface area contributed by atoms with Gasteiger partial charge in [0.15, 0.2) is 6.17 Å². The molecule has 10 heteroatoms. The molecule has 1 atom stereocenters. The minimum atomic E-state index is -1.22. The highest BCUT2D eigenvalue weighted by Crippen LogP contribution is 2.23. The Labute approximate surface area is 202 Å². The molecule has 0 bridgehead atoms. The van der Waals surface area contributed by atoms with E-state index in [1.807, 2.05) is 6.92 Å². The lowest BCUT2D eigenvalue weighted by atomic mass is 9.92. The van der Waals surface area contributed by atoms with Crippen molar-refractivity contribution in [3.63, 3.8) is 0 Å². The number of carbonyl (C=O) groups excluding carboxylic acids is 3. The Morgan fingerprint density at radius 3 is 2.26 bits per heavy atom. The number of nitrogens with two attached hydrogens (primary N) is 1. The summed E-state index contributed by atoms with van der Waals surface area (Å²) in [5, 5.41) is 5.35.